The Labute approximate surface area is 108 Å². The highest BCUT2D eigenvalue weighted by Gasteiger charge is 2.29. The minimum atomic E-state index is -3.43. The first-order chi connectivity index (χ1) is 8.23. The zero-order valence-electron chi connectivity index (χ0n) is 10.9. The molecule has 0 spiro atoms. The van der Waals surface area contributed by atoms with E-state index >= 15 is 0 Å². The first-order valence-electron chi connectivity index (χ1n) is 5.82. The van der Waals surface area contributed by atoms with E-state index in [4.69, 9.17) is 0 Å². The van der Waals surface area contributed by atoms with Gasteiger partial charge < -0.3 is 5.11 Å². The van der Waals surface area contributed by atoms with Gasteiger partial charge >= 0.3 is 0 Å². The molecule has 1 rings (SSSR count). The number of pyridine rings is 1. The average Bonchev–Trinajstić information content (AvgIpc) is 2.26. The summed E-state index contributed by atoms with van der Waals surface area (Å²) in [5, 5.41) is 9.49. The van der Waals surface area contributed by atoms with E-state index in [1.165, 1.54) is 0 Å². The van der Waals surface area contributed by atoms with Crippen LogP contribution in [0.25, 0.3) is 0 Å². The Morgan fingerprint density at radius 1 is 1.44 bits per heavy atom. The lowest BCUT2D eigenvalue weighted by Crippen LogP contribution is -2.51. The summed E-state index contributed by atoms with van der Waals surface area (Å²) in [4.78, 5) is 4.07. The number of aliphatic hydroxyl groups is 1. The summed E-state index contributed by atoms with van der Waals surface area (Å²) < 4.78 is 26.2. The van der Waals surface area contributed by atoms with Crippen LogP contribution in [0.2, 0.25) is 0 Å². The van der Waals surface area contributed by atoms with Gasteiger partial charge in [0.05, 0.1) is 17.4 Å². The monoisotopic (exact) mass is 272 g/mol. The fourth-order valence-corrected chi connectivity index (χ4v) is 2.87. The van der Waals surface area contributed by atoms with Crippen molar-refractivity contribution in [1.29, 1.82) is 0 Å². The molecule has 1 aromatic rings. The van der Waals surface area contributed by atoms with Crippen LogP contribution < -0.4 is 4.72 Å². The SMILES string of the molecule is CC(O)C(C)(C)NS(=O)(=O)CCc1ccccn1. The third-order valence-corrected chi connectivity index (χ3v) is 4.39. The second-order valence-electron chi connectivity index (χ2n) is 4.89. The molecule has 2 N–H and O–H groups in total. The normalized spacial score (nSPS) is 14.4. The van der Waals surface area contributed by atoms with Crippen molar-refractivity contribution in [2.75, 3.05) is 5.75 Å². The van der Waals surface area contributed by atoms with E-state index in [0.717, 1.165) is 5.69 Å². The summed E-state index contributed by atoms with van der Waals surface area (Å²) in [6, 6.07) is 5.39. The van der Waals surface area contributed by atoms with Gasteiger partial charge in [-0.3, -0.25) is 4.98 Å². The standard InChI is InChI=1S/C12H20N2O3S/c1-10(15)12(2,3)14-18(16,17)9-7-11-6-4-5-8-13-11/h4-6,8,10,14-15H,7,9H2,1-3H3. The predicted octanol–water partition coefficient (Wildman–Crippen LogP) is 0.703. The van der Waals surface area contributed by atoms with Crippen LogP contribution in [0.1, 0.15) is 26.5 Å². The molecule has 1 aromatic heterocycles. The summed E-state index contributed by atoms with van der Waals surface area (Å²) in [7, 11) is -3.43. The third-order valence-electron chi connectivity index (χ3n) is 2.82. The maximum absolute atomic E-state index is 11.9. The molecule has 5 nitrogen and oxygen atoms in total. The Hall–Kier alpha value is -0.980. The average molecular weight is 272 g/mol. The largest absolute Gasteiger partial charge is 0.391 e. The number of hydrogen-bond donors (Lipinski definition) is 2. The lowest BCUT2D eigenvalue weighted by molar-refractivity contribution is 0.111. The molecule has 0 radical (unpaired) electrons. The van der Waals surface area contributed by atoms with Gasteiger partial charge in [0.1, 0.15) is 0 Å². The molecule has 1 unspecified atom stereocenters. The van der Waals surface area contributed by atoms with E-state index in [-0.39, 0.29) is 5.75 Å². The molecule has 0 saturated carbocycles. The molecule has 0 saturated heterocycles. The van der Waals surface area contributed by atoms with Crippen molar-refractivity contribution < 1.29 is 13.5 Å². The molecule has 0 bridgehead atoms. The number of sulfonamides is 1. The summed E-state index contributed by atoms with van der Waals surface area (Å²) in [5.74, 6) is -0.0415. The van der Waals surface area contributed by atoms with Crippen molar-refractivity contribution in [1.82, 2.24) is 9.71 Å². The van der Waals surface area contributed by atoms with E-state index in [1.807, 2.05) is 6.07 Å². The van der Waals surface area contributed by atoms with Gasteiger partial charge in [0, 0.05) is 18.3 Å². The molecule has 0 aromatic carbocycles. The Kier molecular flexibility index (Phi) is 4.84. The van der Waals surface area contributed by atoms with Crippen LogP contribution in [0.5, 0.6) is 0 Å². The zero-order valence-corrected chi connectivity index (χ0v) is 11.7. The van der Waals surface area contributed by atoms with Crippen molar-refractivity contribution in [3.8, 4) is 0 Å². The van der Waals surface area contributed by atoms with E-state index < -0.39 is 21.7 Å². The smallest absolute Gasteiger partial charge is 0.212 e. The number of aliphatic hydroxyl groups excluding tert-OH is 1. The van der Waals surface area contributed by atoms with Crippen molar-refractivity contribution in [3.63, 3.8) is 0 Å². The second kappa shape index (κ2) is 5.77. The second-order valence-corrected chi connectivity index (χ2v) is 6.73. The van der Waals surface area contributed by atoms with Crippen LogP contribution in [-0.4, -0.2) is 35.9 Å². The molecular formula is C12H20N2O3S. The van der Waals surface area contributed by atoms with Crippen LogP contribution in [-0.2, 0) is 16.4 Å². The number of rotatable bonds is 6. The van der Waals surface area contributed by atoms with Crippen LogP contribution in [0.15, 0.2) is 24.4 Å². The molecule has 6 heteroatoms. The first kappa shape index (κ1) is 15.1. The molecule has 0 amide bonds. The van der Waals surface area contributed by atoms with Gasteiger partial charge in [0.25, 0.3) is 0 Å². The predicted molar refractivity (Wildman–Crippen MR) is 70.6 cm³/mol. The number of hydrogen-bond acceptors (Lipinski definition) is 4. The maximum Gasteiger partial charge on any atom is 0.212 e. The van der Waals surface area contributed by atoms with Crippen molar-refractivity contribution in [2.24, 2.45) is 0 Å². The van der Waals surface area contributed by atoms with E-state index in [9.17, 15) is 13.5 Å². The molecule has 1 atom stereocenters. The van der Waals surface area contributed by atoms with Crippen LogP contribution >= 0.6 is 0 Å². The van der Waals surface area contributed by atoms with Gasteiger partial charge in [-0.2, -0.15) is 0 Å². The Balaban J connectivity index is 2.61. The number of nitrogens with one attached hydrogen (secondary N) is 1. The van der Waals surface area contributed by atoms with Gasteiger partial charge in [-0.05, 0) is 32.9 Å². The van der Waals surface area contributed by atoms with Gasteiger partial charge in [0.2, 0.25) is 10.0 Å². The summed E-state index contributed by atoms with van der Waals surface area (Å²) >= 11 is 0. The van der Waals surface area contributed by atoms with E-state index in [0.29, 0.717) is 6.42 Å². The highest BCUT2D eigenvalue weighted by Crippen LogP contribution is 2.10. The number of aromatic nitrogens is 1. The first-order valence-corrected chi connectivity index (χ1v) is 7.48. The van der Waals surface area contributed by atoms with Crippen molar-refractivity contribution in [3.05, 3.63) is 30.1 Å². The van der Waals surface area contributed by atoms with Gasteiger partial charge in [-0.1, -0.05) is 6.07 Å². The fraction of sp³-hybridized carbons (Fsp3) is 0.583. The molecule has 0 aliphatic rings. The Bertz CT molecular complexity index is 469. The highest BCUT2D eigenvalue weighted by atomic mass is 32.2. The summed E-state index contributed by atoms with van der Waals surface area (Å²) in [6.45, 7) is 4.85. The van der Waals surface area contributed by atoms with Gasteiger partial charge in [-0.15, -0.1) is 0 Å². The Morgan fingerprint density at radius 3 is 2.61 bits per heavy atom. The minimum absolute atomic E-state index is 0.0415. The van der Waals surface area contributed by atoms with Crippen LogP contribution in [0, 0.1) is 0 Å². The Morgan fingerprint density at radius 2 is 2.11 bits per heavy atom. The fourth-order valence-electron chi connectivity index (χ4n) is 1.32. The molecule has 18 heavy (non-hydrogen) atoms. The summed E-state index contributed by atoms with van der Waals surface area (Å²) in [6.07, 6.45) is 1.23. The molecule has 0 aliphatic heterocycles. The van der Waals surface area contributed by atoms with E-state index in [2.05, 4.69) is 9.71 Å². The summed E-state index contributed by atoms with van der Waals surface area (Å²) in [5.41, 5.74) is -0.138. The van der Waals surface area contributed by atoms with Crippen LogP contribution in [0.3, 0.4) is 0 Å². The number of aryl methyl sites for hydroxylation is 1. The van der Waals surface area contributed by atoms with Crippen LogP contribution in [0.4, 0.5) is 0 Å². The lowest BCUT2D eigenvalue weighted by atomic mass is 10.0. The van der Waals surface area contributed by atoms with Crippen molar-refractivity contribution in [2.45, 2.75) is 38.8 Å². The quantitative estimate of drug-likeness (QED) is 0.799. The van der Waals surface area contributed by atoms with E-state index in [1.54, 1.807) is 39.1 Å². The molecule has 1 heterocycles. The molecule has 0 aliphatic carbocycles. The minimum Gasteiger partial charge on any atom is -0.391 e. The number of nitrogens with zero attached hydrogens (tertiary/aromatic N) is 1. The third kappa shape index (κ3) is 4.72. The van der Waals surface area contributed by atoms with Gasteiger partial charge in [0.15, 0.2) is 0 Å². The highest BCUT2D eigenvalue weighted by molar-refractivity contribution is 7.89. The molecule has 102 valence electrons. The molecule has 0 fully saturated rings. The van der Waals surface area contributed by atoms with Gasteiger partial charge in [-0.25, -0.2) is 13.1 Å². The topological polar surface area (TPSA) is 79.3 Å². The maximum atomic E-state index is 11.9. The zero-order chi connectivity index (χ0) is 13.8. The van der Waals surface area contributed by atoms with Crippen molar-refractivity contribution >= 4 is 10.0 Å². The lowest BCUT2D eigenvalue weighted by Gasteiger charge is -2.28. The molecular weight excluding hydrogens is 252 g/mol.